The first-order chi connectivity index (χ1) is 12.4. The van der Waals surface area contributed by atoms with Crippen molar-refractivity contribution in [2.24, 2.45) is 0 Å². The van der Waals surface area contributed by atoms with Gasteiger partial charge in [0.1, 0.15) is 5.69 Å². The zero-order chi connectivity index (χ0) is 19.1. The monoisotopic (exact) mass is 367 g/mol. The molecule has 0 saturated heterocycles. The predicted molar refractivity (Wildman–Crippen MR) is 87.3 cm³/mol. The minimum absolute atomic E-state index is 0.174. The van der Waals surface area contributed by atoms with E-state index < -0.39 is 35.0 Å². The molecule has 138 valence electrons. The van der Waals surface area contributed by atoms with Crippen molar-refractivity contribution in [1.82, 2.24) is 10.3 Å². The molecule has 2 aromatic rings. The number of hydrogen-bond donors (Lipinski definition) is 2. The lowest BCUT2D eigenvalue weighted by Crippen LogP contribution is -2.26. The van der Waals surface area contributed by atoms with Gasteiger partial charge >= 0.3 is 0 Å². The Morgan fingerprint density at radius 2 is 1.88 bits per heavy atom. The molecule has 0 aliphatic rings. The molecule has 0 aliphatic heterocycles. The van der Waals surface area contributed by atoms with Gasteiger partial charge in [0.2, 0.25) is 0 Å². The van der Waals surface area contributed by atoms with Crippen LogP contribution in [0.15, 0.2) is 30.5 Å². The Balaban J connectivity index is 2.08. The van der Waals surface area contributed by atoms with Gasteiger partial charge in [-0.05, 0) is 30.7 Å². The van der Waals surface area contributed by atoms with E-state index in [9.17, 15) is 22.8 Å². The van der Waals surface area contributed by atoms with Gasteiger partial charge in [0.15, 0.2) is 17.5 Å². The summed E-state index contributed by atoms with van der Waals surface area (Å²) in [7, 11) is 1.55. The molecule has 0 radical (unpaired) electrons. The number of nitrogens with one attached hydrogen (secondary N) is 2. The third-order valence-electron chi connectivity index (χ3n) is 3.35. The zero-order valence-corrected chi connectivity index (χ0v) is 13.8. The van der Waals surface area contributed by atoms with E-state index in [0.29, 0.717) is 25.6 Å². The summed E-state index contributed by atoms with van der Waals surface area (Å²) in [5.74, 6) is -5.88. The van der Waals surface area contributed by atoms with Gasteiger partial charge in [-0.3, -0.25) is 14.6 Å². The summed E-state index contributed by atoms with van der Waals surface area (Å²) < 4.78 is 44.6. The Bertz CT molecular complexity index is 815. The molecule has 2 rings (SSSR count). The molecule has 0 fully saturated rings. The summed E-state index contributed by atoms with van der Waals surface area (Å²) in [6, 6.07) is 4.18. The highest BCUT2D eigenvalue weighted by molar-refractivity contribution is 6.04. The van der Waals surface area contributed by atoms with Crippen molar-refractivity contribution in [2.45, 2.75) is 6.42 Å². The fraction of sp³-hybridized carbons (Fsp3) is 0.235. The van der Waals surface area contributed by atoms with E-state index in [-0.39, 0.29) is 11.3 Å². The number of ether oxygens (including phenoxy) is 1. The molecule has 6 nitrogen and oxygen atoms in total. The largest absolute Gasteiger partial charge is 0.385 e. The lowest BCUT2D eigenvalue weighted by molar-refractivity contribution is 0.0948. The topological polar surface area (TPSA) is 80.3 Å². The number of halogens is 3. The van der Waals surface area contributed by atoms with Crippen molar-refractivity contribution in [2.75, 3.05) is 25.6 Å². The SMILES string of the molecule is COCCCNC(=O)c1ccnc(C(=O)Nc2ccc(F)c(F)c2F)c1. The highest BCUT2D eigenvalue weighted by atomic mass is 19.2. The van der Waals surface area contributed by atoms with Crippen LogP contribution in [-0.4, -0.2) is 37.1 Å². The van der Waals surface area contributed by atoms with Crippen molar-refractivity contribution in [3.63, 3.8) is 0 Å². The van der Waals surface area contributed by atoms with Crippen molar-refractivity contribution in [3.05, 3.63) is 59.2 Å². The van der Waals surface area contributed by atoms with Crippen molar-refractivity contribution in [1.29, 1.82) is 0 Å². The molecule has 0 aliphatic carbocycles. The molecule has 2 N–H and O–H groups in total. The van der Waals surface area contributed by atoms with E-state index >= 15 is 0 Å². The van der Waals surface area contributed by atoms with Crippen LogP contribution in [0.3, 0.4) is 0 Å². The first-order valence-electron chi connectivity index (χ1n) is 7.62. The first kappa shape index (κ1) is 19.4. The maximum Gasteiger partial charge on any atom is 0.274 e. The van der Waals surface area contributed by atoms with Gasteiger partial charge in [0, 0.05) is 32.0 Å². The molecule has 0 spiro atoms. The number of benzene rings is 1. The number of carbonyl (C=O) groups excluding carboxylic acids is 2. The second-order valence-electron chi connectivity index (χ2n) is 5.21. The highest BCUT2D eigenvalue weighted by Gasteiger charge is 2.17. The van der Waals surface area contributed by atoms with E-state index in [0.717, 1.165) is 6.07 Å². The molecule has 0 bridgehead atoms. The summed E-state index contributed by atoms with van der Waals surface area (Å²) in [6.07, 6.45) is 1.86. The van der Waals surface area contributed by atoms with Crippen LogP contribution in [-0.2, 0) is 4.74 Å². The van der Waals surface area contributed by atoms with Crippen LogP contribution >= 0.6 is 0 Å². The Morgan fingerprint density at radius 1 is 1.12 bits per heavy atom. The molecule has 0 atom stereocenters. The van der Waals surface area contributed by atoms with Crippen LogP contribution in [0.25, 0.3) is 0 Å². The number of amides is 2. The molecule has 2 amide bonds. The fourth-order valence-corrected chi connectivity index (χ4v) is 2.03. The third-order valence-corrected chi connectivity index (χ3v) is 3.35. The molecule has 26 heavy (non-hydrogen) atoms. The Morgan fingerprint density at radius 3 is 2.62 bits per heavy atom. The number of pyridine rings is 1. The van der Waals surface area contributed by atoms with Crippen molar-refractivity contribution in [3.8, 4) is 0 Å². The van der Waals surface area contributed by atoms with Crippen LogP contribution in [0, 0.1) is 17.5 Å². The minimum atomic E-state index is -1.69. The fourth-order valence-electron chi connectivity index (χ4n) is 2.03. The quantitative estimate of drug-likeness (QED) is 0.582. The van der Waals surface area contributed by atoms with Crippen LogP contribution in [0.1, 0.15) is 27.3 Å². The van der Waals surface area contributed by atoms with Crippen LogP contribution < -0.4 is 10.6 Å². The van der Waals surface area contributed by atoms with Gasteiger partial charge in [0.25, 0.3) is 11.8 Å². The van der Waals surface area contributed by atoms with Gasteiger partial charge in [-0.15, -0.1) is 0 Å². The van der Waals surface area contributed by atoms with E-state index in [4.69, 9.17) is 4.74 Å². The van der Waals surface area contributed by atoms with Gasteiger partial charge in [0.05, 0.1) is 5.69 Å². The normalized spacial score (nSPS) is 10.5. The summed E-state index contributed by atoms with van der Waals surface area (Å²) in [6.45, 7) is 0.876. The van der Waals surface area contributed by atoms with Crippen LogP contribution in [0.5, 0.6) is 0 Å². The van der Waals surface area contributed by atoms with Gasteiger partial charge < -0.3 is 15.4 Å². The van der Waals surface area contributed by atoms with E-state index in [1.807, 2.05) is 0 Å². The number of carbonyl (C=O) groups is 2. The van der Waals surface area contributed by atoms with Gasteiger partial charge in [-0.1, -0.05) is 0 Å². The Kier molecular flexibility index (Phi) is 6.67. The Labute approximate surface area is 147 Å². The number of hydrogen-bond acceptors (Lipinski definition) is 4. The lowest BCUT2D eigenvalue weighted by atomic mass is 10.2. The molecular formula is C17H16F3N3O3. The zero-order valence-electron chi connectivity index (χ0n) is 13.8. The number of methoxy groups -OCH3 is 1. The summed E-state index contributed by atoms with van der Waals surface area (Å²) >= 11 is 0. The molecule has 0 saturated carbocycles. The molecule has 1 aromatic heterocycles. The maximum absolute atomic E-state index is 13.6. The number of anilines is 1. The molecule has 9 heteroatoms. The summed E-state index contributed by atoms with van der Waals surface area (Å²) in [5.41, 5.74) is -0.544. The standard InChI is InChI=1S/C17H16F3N3O3/c1-26-8-2-6-22-16(24)10-5-7-21-13(9-10)17(25)23-12-4-3-11(18)14(19)15(12)20/h3-5,7,9H,2,6,8H2,1H3,(H,22,24)(H,23,25). The summed E-state index contributed by atoms with van der Waals surface area (Å²) in [5, 5.41) is 4.73. The summed E-state index contributed by atoms with van der Waals surface area (Å²) in [4.78, 5) is 27.9. The smallest absolute Gasteiger partial charge is 0.274 e. The maximum atomic E-state index is 13.6. The average molecular weight is 367 g/mol. The lowest BCUT2D eigenvalue weighted by Gasteiger charge is -2.08. The second kappa shape index (κ2) is 8.95. The van der Waals surface area contributed by atoms with Gasteiger partial charge in [-0.2, -0.15) is 0 Å². The highest BCUT2D eigenvalue weighted by Crippen LogP contribution is 2.20. The molecule has 1 aromatic carbocycles. The van der Waals surface area contributed by atoms with Crippen LogP contribution in [0.4, 0.5) is 18.9 Å². The average Bonchev–Trinajstić information content (AvgIpc) is 2.65. The van der Waals surface area contributed by atoms with Crippen LogP contribution in [0.2, 0.25) is 0 Å². The van der Waals surface area contributed by atoms with Crippen molar-refractivity contribution < 1.29 is 27.5 Å². The molecule has 1 heterocycles. The van der Waals surface area contributed by atoms with Gasteiger partial charge in [-0.25, -0.2) is 13.2 Å². The Hall–Kier alpha value is -2.94. The van der Waals surface area contributed by atoms with Crippen molar-refractivity contribution >= 4 is 17.5 Å². The first-order valence-corrected chi connectivity index (χ1v) is 7.62. The number of aromatic nitrogens is 1. The van der Waals surface area contributed by atoms with E-state index in [1.54, 1.807) is 7.11 Å². The van der Waals surface area contributed by atoms with E-state index in [1.165, 1.54) is 18.3 Å². The molecular weight excluding hydrogens is 351 g/mol. The number of rotatable bonds is 7. The molecule has 0 unspecified atom stereocenters. The minimum Gasteiger partial charge on any atom is -0.385 e. The number of nitrogens with zero attached hydrogens (tertiary/aromatic N) is 1. The second-order valence-corrected chi connectivity index (χ2v) is 5.21. The predicted octanol–water partition coefficient (Wildman–Crippen LogP) is 2.52. The third kappa shape index (κ3) is 4.79. The van der Waals surface area contributed by atoms with E-state index in [2.05, 4.69) is 15.6 Å².